The third-order valence-electron chi connectivity index (χ3n) is 8.11. The molecular weight excluding hydrogens is 492 g/mol. The summed E-state index contributed by atoms with van der Waals surface area (Å²) in [4.78, 5) is 15.0. The predicted octanol–water partition coefficient (Wildman–Crippen LogP) is 6.90. The van der Waals surface area contributed by atoms with Gasteiger partial charge in [0.2, 0.25) is 5.95 Å². The molecule has 192 valence electrons. The molecule has 0 aliphatic heterocycles. The molecule has 0 bridgehead atoms. The minimum absolute atomic E-state index is 0.440. The maximum atomic E-state index is 6.44. The molecule has 4 aromatic carbocycles. The lowest BCUT2D eigenvalue weighted by Crippen LogP contribution is -2.28. The topological polar surface area (TPSA) is 56.7 Å². The van der Waals surface area contributed by atoms with E-state index in [1.165, 1.54) is 5.22 Å². The van der Waals surface area contributed by atoms with Gasteiger partial charge < -0.3 is 4.42 Å². The van der Waals surface area contributed by atoms with Crippen LogP contribution in [0.2, 0.25) is 0 Å². The number of nitrogens with zero attached hydrogens (tertiary/aromatic N) is 4. The summed E-state index contributed by atoms with van der Waals surface area (Å²) in [5, 5.41) is 4.64. The van der Waals surface area contributed by atoms with Gasteiger partial charge in [-0.1, -0.05) is 98.8 Å². The second-order valence-corrected chi connectivity index (χ2v) is 10.7. The first-order valence-corrected chi connectivity index (χ1v) is 13.7. The van der Waals surface area contributed by atoms with Crippen LogP contribution >= 0.6 is 0 Å². The molecule has 0 fully saturated rings. The van der Waals surface area contributed by atoms with Crippen molar-refractivity contribution in [3.8, 4) is 28.7 Å². The minimum Gasteiger partial charge on any atom is -0.456 e. The molecular formula is C35H26N4O. The SMILES string of the molecule is CC1C=c2oc3cc4c(cc3c2=CC1C)c1ccccc1n4-c1nc(-c2ccccc2)nc(-c2ccccc2)n1. The highest BCUT2D eigenvalue weighted by Gasteiger charge is 2.21. The number of hydrogen-bond donors (Lipinski definition) is 0. The molecule has 0 radical (unpaired) electrons. The first-order chi connectivity index (χ1) is 19.6. The molecule has 3 heterocycles. The summed E-state index contributed by atoms with van der Waals surface area (Å²) in [5.74, 6) is 2.75. The Morgan fingerprint density at radius 3 is 1.93 bits per heavy atom. The summed E-state index contributed by atoms with van der Waals surface area (Å²) in [6, 6.07) is 33.0. The van der Waals surface area contributed by atoms with Crippen molar-refractivity contribution in [1.29, 1.82) is 0 Å². The highest BCUT2D eigenvalue weighted by molar-refractivity contribution is 6.13. The van der Waals surface area contributed by atoms with Crippen molar-refractivity contribution in [3.63, 3.8) is 0 Å². The minimum atomic E-state index is 0.440. The number of furan rings is 1. The van der Waals surface area contributed by atoms with Gasteiger partial charge in [-0.15, -0.1) is 0 Å². The van der Waals surface area contributed by atoms with E-state index in [1.54, 1.807) is 0 Å². The number of hydrogen-bond acceptors (Lipinski definition) is 4. The van der Waals surface area contributed by atoms with Crippen LogP contribution in [-0.4, -0.2) is 19.5 Å². The normalized spacial score (nSPS) is 16.6. The van der Waals surface area contributed by atoms with Crippen molar-refractivity contribution in [2.75, 3.05) is 0 Å². The molecule has 0 saturated heterocycles. The van der Waals surface area contributed by atoms with E-state index in [1.807, 2.05) is 60.7 Å². The molecule has 5 nitrogen and oxygen atoms in total. The lowest BCUT2D eigenvalue weighted by molar-refractivity contribution is 0.542. The Morgan fingerprint density at radius 1 is 0.600 bits per heavy atom. The van der Waals surface area contributed by atoms with Crippen LogP contribution in [0.25, 0.3) is 73.7 Å². The second-order valence-electron chi connectivity index (χ2n) is 10.7. The van der Waals surface area contributed by atoms with Gasteiger partial charge in [-0.05, 0) is 30.0 Å². The standard InChI is InChI=1S/C35H26N4O/c1-21-17-27-28-19-26-25-15-9-10-16-29(25)39(30(26)20-32(28)40-31(27)18-22(21)2)35-37-33(23-11-5-3-6-12-23)36-34(38-35)24-13-7-4-8-14-24/h3-22H,1-2H3. The van der Waals surface area contributed by atoms with Gasteiger partial charge in [-0.3, -0.25) is 4.57 Å². The number of rotatable bonds is 3. The molecule has 40 heavy (non-hydrogen) atoms. The number of benzene rings is 4. The fourth-order valence-electron chi connectivity index (χ4n) is 5.81. The van der Waals surface area contributed by atoms with Crippen molar-refractivity contribution < 1.29 is 4.42 Å². The number of para-hydroxylation sites is 1. The van der Waals surface area contributed by atoms with E-state index in [0.717, 1.165) is 49.3 Å². The molecule has 0 amide bonds. The van der Waals surface area contributed by atoms with E-state index in [-0.39, 0.29) is 0 Å². The second kappa shape index (κ2) is 8.75. The van der Waals surface area contributed by atoms with E-state index in [9.17, 15) is 0 Å². The molecule has 7 aromatic rings. The van der Waals surface area contributed by atoms with Crippen LogP contribution in [0.1, 0.15) is 13.8 Å². The molecule has 0 saturated carbocycles. The zero-order valence-corrected chi connectivity index (χ0v) is 22.2. The molecule has 2 unspecified atom stereocenters. The van der Waals surface area contributed by atoms with Crippen LogP contribution in [0.4, 0.5) is 0 Å². The summed E-state index contributed by atoms with van der Waals surface area (Å²) < 4.78 is 8.58. The predicted molar refractivity (Wildman–Crippen MR) is 161 cm³/mol. The summed E-state index contributed by atoms with van der Waals surface area (Å²) >= 11 is 0. The first-order valence-electron chi connectivity index (χ1n) is 13.7. The maximum Gasteiger partial charge on any atom is 0.238 e. The van der Waals surface area contributed by atoms with Crippen LogP contribution in [0.15, 0.2) is 101 Å². The van der Waals surface area contributed by atoms with E-state index >= 15 is 0 Å². The third kappa shape index (κ3) is 3.51. The Kier molecular flexibility index (Phi) is 5.01. The lowest BCUT2D eigenvalue weighted by atomic mass is 9.91. The van der Waals surface area contributed by atoms with Gasteiger partial charge in [0, 0.05) is 38.6 Å². The van der Waals surface area contributed by atoms with Crippen molar-refractivity contribution in [1.82, 2.24) is 19.5 Å². The fraction of sp³-hybridized carbons (Fsp3) is 0.114. The first kappa shape index (κ1) is 22.9. The van der Waals surface area contributed by atoms with Gasteiger partial charge in [-0.25, -0.2) is 4.98 Å². The van der Waals surface area contributed by atoms with E-state index in [0.29, 0.717) is 29.4 Å². The summed E-state index contributed by atoms with van der Waals surface area (Å²) in [6.07, 6.45) is 4.60. The highest BCUT2D eigenvalue weighted by Crippen LogP contribution is 2.34. The zero-order valence-electron chi connectivity index (χ0n) is 22.2. The van der Waals surface area contributed by atoms with E-state index in [2.05, 4.69) is 67.0 Å². The monoisotopic (exact) mass is 518 g/mol. The number of aromatic nitrogens is 4. The summed E-state index contributed by atoms with van der Waals surface area (Å²) in [6.45, 7) is 4.51. The average Bonchev–Trinajstić information content (AvgIpc) is 3.51. The highest BCUT2D eigenvalue weighted by atomic mass is 16.3. The summed E-state index contributed by atoms with van der Waals surface area (Å²) in [7, 11) is 0. The van der Waals surface area contributed by atoms with Crippen molar-refractivity contribution in [3.05, 3.63) is 108 Å². The molecule has 1 aliphatic rings. The van der Waals surface area contributed by atoms with Crippen LogP contribution in [0, 0.1) is 11.8 Å². The van der Waals surface area contributed by atoms with Crippen LogP contribution in [-0.2, 0) is 0 Å². The van der Waals surface area contributed by atoms with Gasteiger partial charge in [0.15, 0.2) is 11.6 Å². The molecule has 8 rings (SSSR count). The lowest BCUT2D eigenvalue weighted by Gasteiger charge is -2.13. The van der Waals surface area contributed by atoms with E-state index in [4.69, 9.17) is 19.4 Å². The average molecular weight is 519 g/mol. The number of fused-ring (bicyclic) bond motifs is 6. The van der Waals surface area contributed by atoms with Gasteiger partial charge in [0.1, 0.15) is 11.0 Å². The smallest absolute Gasteiger partial charge is 0.238 e. The Labute approximate surface area is 230 Å². The molecule has 0 spiro atoms. The Bertz CT molecular complexity index is 2140. The molecule has 5 heteroatoms. The molecule has 0 N–H and O–H groups in total. The summed E-state index contributed by atoms with van der Waals surface area (Å²) in [5.41, 5.74) is 5.77. The van der Waals surface area contributed by atoms with Gasteiger partial charge in [-0.2, -0.15) is 9.97 Å². The van der Waals surface area contributed by atoms with Crippen LogP contribution < -0.4 is 10.6 Å². The van der Waals surface area contributed by atoms with Crippen LogP contribution in [0.3, 0.4) is 0 Å². The van der Waals surface area contributed by atoms with Crippen LogP contribution in [0.5, 0.6) is 0 Å². The van der Waals surface area contributed by atoms with Crippen molar-refractivity contribution in [2.24, 2.45) is 11.8 Å². The Morgan fingerprint density at radius 2 is 1.23 bits per heavy atom. The third-order valence-corrected chi connectivity index (χ3v) is 8.11. The molecule has 3 aromatic heterocycles. The van der Waals surface area contributed by atoms with Crippen molar-refractivity contribution in [2.45, 2.75) is 13.8 Å². The quantitative estimate of drug-likeness (QED) is 0.255. The van der Waals surface area contributed by atoms with Gasteiger partial charge in [0.05, 0.1) is 11.0 Å². The Hall–Kier alpha value is -5.03. The zero-order chi connectivity index (χ0) is 26.8. The molecule has 2 atom stereocenters. The van der Waals surface area contributed by atoms with Gasteiger partial charge in [0.25, 0.3) is 0 Å². The maximum absolute atomic E-state index is 6.44. The molecule has 1 aliphatic carbocycles. The van der Waals surface area contributed by atoms with Gasteiger partial charge >= 0.3 is 0 Å². The van der Waals surface area contributed by atoms with E-state index < -0.39 is 0 Å². The fourth-order valence-corrected chi connectivity index (χ4v) is 5.81. The Balaban J connectivity index is 1.46. The van der Waals surface area contributed by atoms with Crippen molar-refractivity contribution >= 4 is 44.9 Å². The largest absolute Gasteiger partial charge is 0.456 e.